The van der Waals surface area contributed by atoms with E-state index in [0.717, 1.165) is 41.1 Å². The molecule has 1 aliphatic heterocycles. The van der Waals surface area contributed by atoms with Crippen LogP contribution in [0, 0.1) is 13.8 Å². The second-order valence-corrected chi connectivity index (χ2v) is 9.21. The minimum Gasteiger partial charge on any atom is -0.378 e. The van der Waals surface area contributed by atoms with Crippen LogP contribution in [0.15, 0.2) is 53.7 Å². The van der Waals surface area contributed by atoms with Gasteiger partial charge >= 0.3 is 0 Å². The van der Waals surface area contributed by atoms with Crippen LogP contribution in [-0.2, 0) is 10.5 Å². The van der Waals surface area contributed by atoms with E-state index in [1.807, 2.05) is 37.3 Å². The minimum atomic E-state index is 0.166. The van der Waals surface area contributed by atoms with E-state index in [2.05, 4.69) is 65.1 Å². The third kappa shape index (κ3) is 5.52. The molecule has 0 radical (unpaired) electrons. The monoisotopic (exact) mass is 489 g/mol. The lowest BCUT2D eigenvalue weighted by atomic mass is 10.2. The molecule has 0 aliphatic carbocycles. The Morgan fingerprint density at radius 3 is 2.54 bits per heavy atom. The number of benzene rings is 2. The summed E-state index contributed by atoms with van der Waals surface area (Å²) in [6.45, 7) is 7.00. The molecule has 1 saturated heterocycles. The summed E-state index contributed by atoms with van der Waals surface area (Å²) in [6, 6.07) is 16.3. The van der Waals surface area contributed by atoms with Crippen LogP contribution in [0.3, 0.4) is 0 Å². The maximum Gasteiger partial charge on any atom is 0.232 e. The zero-order chi connectivity index (χ0) is 24.2. The fourth-order valence-electron chi connectivity index (χ4n) is 3.77. The van der Waals surface area contributed by atoms with Crippen molar-refractivity contribution in [2.24, 2.45) is 0 Å². The van der Waals surface area contributed by atoms with Crippen LogP contribution in [0.25, 0.3) is 5.69 Å². The number of aromatic nitrogens is 6. The quantitative estimate of drug-likeness (QED) is 0.373. The standard InChI is InChI=1S/C24H27N9OS/c1-16-6-8-18(9-7-16)26-22-28-20(27-21(25)29-22)15-35-24-31-30-23(32-10-12-34-13-11-32)33(24)19-5-3-4-17(2)14-19/h3-9,14H,10-13,15H2,1-2H3,(H3,25,26,27,28,29). The Balaban J connectivity index is 1.40. The SMILES string of the molecule is Cc1ccc(Nc2nc(N)nc(CSc3nnc(N4CCOCC4)n3-c3cccc(C)c3)n2)cc1. The number of ether oxygens (including phenoxy) is 1. The lowest BCUT2D eigenvalue weighted by Gasteiger charge is -2.28. The average molecular weight is 490 g/mol. The van der Waals surface area contributed by atoms with E-state index in [-0.39, 0.29) is 5.95 Å². The van der Waals surface area contributed by atoms with E-state index in [1.165, 1.54) is 17.3 Å². The predicted molar refractivity (Wildman–Crippen MR) is 137 cm³/mol. The lowest BCUT2D eigenvalue weighted by Crippen LogP contribution is -2.37. The van der Waals surface area contributed by atoms with Crippen LogP contribution in [0.1, 0.15) is 17.0 Å². The largest absolute Gasteiger partial charge is 0.378 e. The van der Waals surface area contributed by atoms with E-state index in [9.17, 15) is 0 Å². The van der Waals surface area contributed by atoms with Crippen LogP contribution in [0.5, 0.6) is 0 Å². The summed E-state index contributed by atoms with van der Waals surface area (Å²) in [5.41, 5.74) is 10.2. The molecule has 2 aromatic heterocycles. The van der Waals surface area contributed by atoms with E-state index < -0.39 is 0 Å². The highest BCUT2D eigenvalue weighted by atomic mass is 32.2. The van der Waals surface area contributed by atoms with Crippen molar-refractivity contribution < 1.29 is 4.74 Å². The molecule has 0 atom stereocenters. The molecule has 0 unspecified atom stereocenters. The summed E-state index contributed by atoms with van der Waals surface area (Å²) < 4.78 is 7.61. The number of aryl methyl sites for hydroxylation is 2. The molecule has 0 saturated carbocycles. The van der Waals surface area contributed by atoms with Crippen molar-refractivity contribution in [3.05, 3.63) is 65.5 Å². The second-order valence-electron chi connectivity index (χ2n) is 8.27. The van der Waals surface area contributed by atoms with Gasteiger partial charge in [0.25, 0.3) is 0 Å². The van der Waals surface area contributed by atoms with Crippen molar-refractivity contribution in [2.75, 3.05) is 42.3 Å². The molecule has 3 N–H and O–H groups in total. The molecule has 11 heteroatoms. The van der Waals surface area contributed by atoms with Crippen LogP contribution in [0.2, 0.25) is 0 Å². The molecule has 4 aromatic rings. The molecule has 2 aromatic carbocycles. The topological polar surface area (TPSA) is 120 Å². The molecule has 5 rings (SSSR count). The third-order valence-corrected chi connectivity index (χ3v) is 6.43. The molecule has 1 aliphatic rings. The zero-order valence-corrected chi connectivity index (χ0v) is 20.5. The third-order valence-electron chi connectivity index (χ3n) is 5.51. The lowest BCUT2D eigenvalue weighted by molar-refractivity contribution is 0.122. The highest BCUT2D eigenvalue weighted by molar-refractivity contribution is 7.98. The fourth-order valence-corrected chi connectivity index (χ4v) is 4.57. The number of morpholine rings is 1. The number of nitrogens with zero attached hydrogens (tertiary/aromatic N) is 7. The van der Waals surface area contributed by atoms with Crippen molar-refractivity contribution in [3.63, 3.8) is 0 Å². The van der Waals surface area contributed by atoms with Crippen molar-refractivity contribution in [1.29, 1.82) is 0 Å². The van der Waals surface area contributed by atoms with Crippen molar-refractivity contribution in [3.8, 4) is 5.69 Å². The van der Waals surface area contributed by atoms with Gasteiger partial charge < -0.3 is 20.7 Å². The van der Waals surface area contributed by atoms with Crippen LogP contribution < -0.4 is 16.0 Å². The minimum absolute atomic E-state index is 0.166. The number of nitrogens with two attached hydrogens (primary N) is 1. The Bertz CT molecular complexity index is 1300. The summed E-state index contributed by atoms with van der Waals surface area (Å²) in [5, 5.41) is 13.0. The normalized spacial score (nSPS) is 13.7. The van der Waals surface area contributed by atoms with Gasteiger partial charge in [-0.3, -0.25) is 4.57 Å². The summed E-state index contributed by atoms with van der Waals surface area (Å²) in [5.74, 6) is 2.40. The number of rotatable bonds is 7. The van der Waals surface area contributed by atoms with Crippen LogP contribution >= 0.6 is 11.8 Å². The zero-order valence-electron chi connectivity index (χ0n) is 19.7. The maximum absolute atomic E-state index is 5.98. The molecule has 0 bridgehead atoms. The van der Waals surface area contributed by atoms with Gasteiger partial charge in [0, 0.05) is 18.8 Å². The molecule has 0 spiro atoms. The molecule has 3 heterocycles. The number of hydrogen-bond acceptors (Lipinski definition) is 10. The smallest absolute Gasteiger partial charge is 0.232 e. The Morgan fingerprint density at radius 1 is 0.971 bits per heavy atom. The van der Waals surface area contributed by atoms with Gasteiger partial charge in [0.05, 0.1) is 24.7 Å². The molecule has 1 fully saturated rings. The molecular weight excluding hydrogens is 462 g/mol. The summed E-state index contributed by atoms with van der Waals surface area (Å²) in [6.07, 6.45) is 0. The maximum atomic E-state index is 5.98. The van der Waals surface area contributed by atoms with Crippen molar-refractivity contribution >= 4 is 35.3 Å². The summed E-state index contributed by atoms with van der Waals surface area (Å²) >= 11 is 1.51. The number of nitrogen functional groups attached to an aromatic ring is 1. The van der Waals surface area contributed by atoms with Crippen molar-refractivity contribution in [2.45, 2.75) is 24.8 Å². The van der Waals surface area contributed by atoms with Gasteiger partial charge in [-0.1, -0.05) is 41.6 Å². The summed E-state index contributed by atoms with van der Waals surface area (Å²) in [4.78, 5) is 15.3. The first-order chi connectivity index (χ1) is 17.0. The number of nitrogens with one attached hydrogen (secondary N) is 1. The Hall–Kier alpha value is -3.70. The Labute approximate surface area is 208 Å². The van der Waals surface area contributed by atoms with Gasteiger partial charge in [-0.2, -0.15) is 15.0 Å². The number of thioether (sulfide) groups is 1. The van der Waals surface area contributed by atoms with Gasteiger partial charge in [0.1, 0.15) is 5.82 Å². The van der Waals surface area contributed by atoms with E-state index >= 15 is 0 Å². The Kier molecular flexibility index (Phi) is 6.77. The van der Waals surface area contributed by atoms with Gasteiger partial charge in [-0.25, -0.2) is 0 Å². The highest BCUT2D eigenvalue weighted by Crippen LogP contribution is 2.29. The van der Waals surface area contributed by atoms with E-state index in [4.69, 9.17) is 10.5 Å². The van der Waals surface area contributed by atoms with E-state index in [1.54, 1.807) is 0 Å². The molecular formula is C24H27N9OS. The number of anilines is 4. The van der Waals surface area contributed by atoms with Crippen molar-refractivity contribution in [1.82, 2.24) is 29.7 Å². The first-order valence-electron chi connectivity index (χ1n) is 11.4. The Morgan fingerprint density at radius 2 is 1.77 bits per heavy atom. The average Bonchev–Trinajstić information content (AvgIpc) is 3.28. The molecule has 10 nitrogen and oxygen atoms in total. The second kappa shape index (κ2) is 10.3. The first kappa shape index (κ1) is 23.1. The predicted octanol–water partition coefficient (Wildman–Crippen LogP) is 3.52. The molecule has 180 valence electrons. The van der Waals surface area contributed by atoms with Crippen LogP contribution in [0.4, 0.5) is 23.5 Å². The number of hydrogen-bond donors (Lipinski definition) is 2. The first-order valence-corrected chi connectivity index (χ1v) is 12.4. The molecule has 35 heavy (non-hydrogen) atoms. The van der Waals surface area contributed by atoms with E-state index in [0.29, 0.717) is 30.7 Å². The van der Waals surface area contributed by atoms with Gasteiger partial charge in [0.2, 0.25) is 17.8 Å². The fraction of sp³-hybridized carbons (Fsp3) is 0.292. The van der Waals surface area contributed by atoms with Crippen LogP contribution in [-0.4, -0.2) is 56.0 Å². The van der Waals surface area contributed by atoms with Gasteiger partial charge in [-0.05, 0) is 43.7 Å². The molecule has 0 amide bonds. The van der Waals surface area contributed by atoms with Gasteiger partial charge in [-0.15, -0.1) is 10.2 Å². The highest BCUT2D eigenvalue weighted by Gasteiger charge is 2.22. The van der Waals surface area contributed by atoms with Gasteiger partial charge in [0.15, 0.2) is 5.16 Å². The summed E-state index contributed by atoms with van der Waals surface area (Å²) in [7, 11) is 0.